The van der Waals surface area contributed by atoms with Crippen molar-refractivity contribution >= 4 is 23.6 Å². The Morgan fingerprint density at radius 3 is 0.844 bits per heavy atom. The molecule has 10 saturated heterocycles. The van der Waals surface area contributed by atoms with Crippen molar-refractivity contribution in [2.75, 3.05) is 59.5 Å². The highest BCUT2D eigenvalue weighted by molar-refractivity contribution is 5.74. The molecule has 0 aliphatic carbocycles. The summed E-state index contributed by atoms with van der Waals surface area (Å²) < 4.78 is 111. The van der Waals surface area contributed by atoms with Gasteiger partial charge in [-0.2, -0.15) is 0 Å². The molecule has 0 saturated carbocycles. The van der Waals surface area contributed by atoms with Gasteiger partial charge in [-0.1, -0.05) is 0 Å². The normalized spacial score (nSPS) is 49.7. The predicted molar refractivity (Wildman–Crippen MR) is 375 cm³/mol. The molecule has 10 aliphatic rings. The van der Waals surface area contributed by atoms with E-state index in [0.717, 1.165) is 27.7 Å². The van der Waals surface area contributed by atoms with Gasteiger partial charge in [0.2, 0.25) is 23.6 Å². The van der Waals surface area contributed by atoms with Gasteiger partial charge < -0.3 is 249 Å². The summed E-state index contributed by atoms with van der Waals surface area (Å²) in [4.78, 5) is 51.0. The van der Waals surface area contributed by atoms with E-state index in [1.807, 2.05) is 0 Å². The highest BCUT2D eigenvalue weighted by Gasteiger charge is 2.61. The minimum Gasteiger partial charge on any atom is -0.394 e. The van der Waals surface area contributed by atoms with Gasteiger partial charge in [0.1, 0.15) is 238 Å². The van der Waals surface area contributed by atoms with Crippen molar-refractivity contribution in [2.45, 2.75) is 341 Å². The molecule has 4 amide bonds. The lowest BCUT2D eigenvalue weighted by Gasteiger charge is -2.51. The van der Waals surface area contributed by atoms with Gasteiger partial charge in [0, 0.05) is 27.7 Å². The van der Waals surface area contributed by atoms with Gasteiger partial charge in [0.15, 0.2) is 62.9 Å². The van der Waals surface area contributed by atoms with Crippen LogP contribution in [0.4, 0.5) is 0 Å². The lowest BCUT2D eigenvalue weighted by Crippen LogP contribution is -2.71. The van der Waals surface area contributed by atoms with Gasteiger partial charge in [0.05, 0.1) is 65.6 Å². The van der Waals surface area contributed by atoms with Crippen molar-refractivity contribution in [1.82, 2.24) is 21.3 Å². The molecule has 10 fully saturated rings. The van der Waals surface area contributed by atoms with E-state index in [-0.39, 0.29) is 0 Å². The zero-order valence-corrected chi connectivity index (χ0v) is 65.7. The number of rotatable bonds is 31. The fraction of sp³-hybridized carbons (Fsp3) is 0.941. The van der Waals surface area contributed by atoms with Crippen LogP contribution in [0.5, 0.6) is 0 Å². The molecule has 54 heteroatoms. The van der Waals surface area contributed by atoms with E-state index < -0.39 is 390 Å². The first-order valence-electron chi connectivity index (χ1n) is 39.0. The van der Waals surface area contributed by atoms with Crippen molar-refractivity contribution in [2.24, 2.45) is 0 Å². The van der Waals surface area contributed by atoms with E-state index in [9.17, 15) is 157 Å². The molecular formula is C68H114N4O50. The summed E-state index contributed by atoms with van der Waals surface area (Å²) >= 11 is 0. The second-order valence-electron chi connectivity index (χ2n) is 31.0. The fourth-order valence-corrected chi connectivity index (χ4v) is 15.8. The van der Waals surface area contributed by atoms with Gasteiger partial charge in [-0.15, -0.1) is 0 Å². The van der Waals surface area contributed by atoms with Crippen LogP contribution in [0, 0.1) is 0 Å². The lowest BCUT2D eigenvalue weighted by atomic mass is 9.93. The van der Waals surface area contributed by atoms with Crippen molar-refractivity contribution in [3.63, 3.8) is 0 Å². The standard InChI is InChI=1S/C68H114N4O50/c1-15-33(84)41(92)46(97)63(106-15)105-14-28-57(37(88)29(59(103)107-28)69-16(2)80)118-62-32(72-19(5)83)40(91)54(24(10-77)112-62)121-68-51(102)58(122-67-50(101)45(96)56(26(12-79)114-67)117-61-31(71-18(4)82)39(90)53(23(9-76)111-61)120-66-48(99)43(94)35(86)21(7-74)109-66)36(87)27(115-68)13-104-64-49(100)44(95)55(25(11-78)113-64)116-60-30(70-17(3)81)38(89)52(22(8-75)110-60)119-65-47(98)42(93)34(85)20(6-73)108-65/h15,20-68,73-79,84-103H,6-14H2,1-5H3,(H,69,80)(H,70,81)(H,71,82)(H,72,83)/t15-,20+,21+,22+,23+,24+,25+,26+,27+,28+,29+,30+,31+,32+,33+,34-,35-,36+,37+,38+,39+,40+,41+,42-,43-,44+,45+,46-,47+,48+,49-,50-,51-,52+,53+,54+,55+,56+,57+,58-,59+,60-,61-,62-,63-,64+,65-,66-,67-,68-/m0/s1. The third-order valence-electron chi connectivity index (χ3n) is 22.4. The van der Waals surface area contributed by atoms with Crippen LogP contribution in [-0.4, -0.2) is 528 Å². The van der Waals surface area contributed by atoms with Gasteiger partial charge in [0.25, 0.3) is 0 Å². The first-order valence-corrected chi connectivity index (χ1v) is 39.0. The van der Waals surface area contributed by atoms with Crippen LogP contribution < -0.4 is 21.3 Å². The molecule has 0 unspecified atom stereocenters. The quantitative estimate of drug-likeness (QED) is 0.0306. The molecule has 0 aromatic carbocycles. The summed E-state index contributed by atoms with van der Waals surface area (Å²) in [5.74, 6) is -3.60. The van der Waals surface area contributed by atoms with Gasteiger partial charge in [-0.05, 0) is 6.92 Å². The summed E-state index contributed by atoms with van der Waals surface area (Å²) in [6, 6.07) is -7.38. The molecule has 10 rings (SSSR count). The number of carbonyl (C=O) groups is 4. The Hall–Kier alpha value is -3.96. The van der Waals surface area contributed by atoms with Gasteiger partial charge in [-0.3, -0.25) is 19.2 Å². The SMILES string of the molecule is CC(=O)N[C@@H]1[C@@H](O)[C@H](O[C@@H]2O[C@H](CO)[C@@H](O[C@@H]3O[C@H](CO[C@@H]4O[C@H](CO)[C@@H](O[C@@H]5O[C@H](CO)[C@@H](O[C@@H]6O[C@H](CO)[C@H](O)[C@H](O)[C@H]6O)[C@H](O)[C@H]5NC(C)=O)[C@H](O)[C@@H]4O)[C@@H](O)[C@H](O[C@@H]4O[C@H](CO)[C@@H](O[C@@H]5O[C@H](CO)[C@@H](O[C@@H]6O[C@H](CO)[C@H](O)[C@H](O)[C@H]6O)[C@H](O)[C@H]5NC(C)=O)[C@H](O)[C@@H]4O)[C@@H]3O)[C@H](O)[C@H]2NC(C)=O)[C@@H](CO[C@H]2O[C@@H](C)[C@@H](O)[C@@H](O)[C@@H]2O)O[C@H]1O. The summed E-state index contributed by atoms with van der Waals surface area (Å²) in [7, 11) is 0. The second kappa shape index (κ2) is 43.6. The average molecular weight is 1790 g/mol. The van der Waals surface area contributed by atoms with E-state index in [0.29, 0.717) is 0 Å². The Kier molecular flexibility index (Phi) is 35.8. The molecule has 0 aromatic heterocycles. The molecular weight excluding hydrogens is 1670 g/mol. The molecule has 0 spiro atoms. The van der Waals surface area contributed by atoms with Crippen molar-refractivity contribution in [3.05, 3.63) is 0 Å². The van der Waals surface area contributed by atoms with E-state index >= 15 is 0 Å². The Balaban J connectivity index is 0.909. The molecule has 122 heavy (non-hydrogen) atoms. The summed E-state index contributed by atoms with van der Waals surface area (Å²) in [6.07, 6.45) is -92.8. The van der Waals surface area contributed by atoms with Crippen LogP contribution in [0.25, 0.3) is 0 Å². The molecule has 10 heterocycles. The first kappa shape index (κ1) is 100. The Morgan fingerprint density at radius 1 is 0.230 bits per heavy atom. The van der Waals surface area contributed by atoms with Gasteiger partial charge >= 0.3 is 0 Å². The molecule has 0 bridgehead atoms. The third kappa shape index (κ3) is 22.0. The highest BCUT2D eigenvalue weighted by atomic mass is 16.8. The zero-order valence-electron chi connectivity index (χ0n) is 65.7. The van der Waals surface area contributed by atoms with Crippen LogP contribution in [0.1, 0.15) is 34.6 Å². The average Bonchev–Trinajstić information content (AvgIpc) is 0.770. The zero-order chi connectivity index (χ0) is 89.8. The smallest absolute Gasteiger partial charge is 0.217 e. The lowest BCUT2D eigenvalue weighted by molar-refractivity contribution is -0.392. The summed E-state index contributed by atoms with van der Waals surface area (Å²) in [5, 5.41) is 309. The number of amides is 4. The molecule has 10 aliphatic heterocycles. The van der Waals surface area contributed by atoms with Crippen LogP contribution in [0.15, 0.2) is 0 Å². The van der Waals surface area contributed by atoms with Crippen molar-refractivity contribution in [3.8, 4) is 0 Å². The van der Waals surface area contributed by atoms with Crippen LogP contribution >= 0.6 is 0 Å². The van der Waals surface area contributed by atoms with E-state index in [1.165, 1.54) is 6.92 Å². The van der Waals surface area contributed by atoms with Gasteiger partial charge in [-0.25, -0.2) is 0 Å². The number of hydrogen-bond donors (Lipinski definition) is 31. The molecule has 706 valence electrons. The fourth-order valence-electron chi connectivity index (χ4n) is 15.8. The minimum absolute atomic E-state index is 0.833. The van der Waals surface area contributed by atoms with E-state index in [1.54, 1.807) is 0 Å². The third-order valence-corrected chi connectivity index (χ3v) is 22.4. The Bertz CT molecular complexity index is 3280. The molecule has 50 atom stereocenters. The number of aliphatic hydroxyl groups is 27. The molecule has 31 N–H and O–H groups in total. The topological polar surface area (TPSA) is 838 Å². The summed E-state index contributed by atoms with van der Waals surface area (Å²) in [5.41, 5.74) is 0. The monoisotopic (exact) mass is 1790 g/mol. The molecule has 54 nitrogen and oxygen atoms in total. The number of hydrogen-bond acceptors (Lipinski definition) is 50. The summed E-state index contributed by atoms with van der Waals surface area (Å²) in [6.45, 7) is -4.43. The number of nitrogens with one attached hydrogen (secondary N) is 4. The van der Waals surface area contributed by atoms with E-state index in [2.05, 4.69) is 21.3 Å². The Morgan fingerprint density at radius 2 is 0.475 bits per heavy atom. The predicted octanol–water partition coefficient (Wildman–Crippen LogP) is -21.2. The maximum absolute atomic E-state index is 13.2. The number of carbonyl (C=O) groups excluding carboxylic acids is 4. The molecule has 0 radical (unpaired) electrons. The highest BCUT2D eigenvalue weighted by Crippen LogP contribution is 2.40. The maximum Gasteiger partial charge on any atom is 0.217 e. The second-order valence-corrected chi connectivity index (χ2v) is 31.0. The van der Waals surface area contributed by atoms with Crippen LogP contribution in [0.3, 0.4) is 0 Å². The number of ether oxygens (including phenoxy) is 19. The Labute approximate surface area is 691 Å². The number of aliphatic hydroxyl groups excluding tert-OH is 27. The van der Waals surface area contributed by atoms with E-state index in [4.69, 9.17) is 90.0 Å². The van der Waals surface area contributed by atoms with Crippen LogP contribution in [0.2, 0.25) is 0 Å². The largest absolute Gasteiger partial charge is 0.394 e. The molecule has 0 aromatic rings. The van der Waals surface area contributed by atoms with Crippen LogP contribution in [-0.2, 0) is 109 Å². The maximum atomic E-state index is 13.2. The van der Waals surface area contributed by atoms with Crippen molar-refractivity contribution < 1.29 is 247 Å². The minimum atomic E-state index is -2.54. The first-order chi connectivity index (χ1) is 57.7. The van der Waals surface area contributed by atoms with Crippen molar-refractivity contribution in [1.29, 1.82) is 0 Å².